The van der Waals surface area contributed by atoms with Crippen molar-refractivity contribution in [3.05, 3.63) is 59.7 Å². The molecule has 1 heterocycles. The Morgan fingerprint density at radius 1 is 0.750 bits per heavy atom. The second-order valence-corrected chi connectivity index (χ2v) is 3.49. The van der Waals surface area contributed by atoms with Gasteiger partial charge in [0, 0.05) is 6.42 Å². The van der Waals surface area contributed by atoms with Crippen molar-refractivity contribution in [2.45, 2.75) is 6.42 Å². The number of fused-ring (bicyclic) bond motifs is 2. The number of hydrogen-bond donors (Lipinski definition) is 0. The van der Waals surface area contributed by atoms with Gasteiger partial charge in [-0.2, -0.15) is 0 Å². The minimum Gasteiger partial charge on any atom is -1.00 e. The first-order chi connectivity index (χ1) is 6.93. The molecular weight excluding hydrogens is 218 g/mol. The summed E-state index contributed by atoms with van der Waals surface area (Å²) in [4.78, 5) is 0. The molecule has 3 rings (SSSR count). The predicted molar refractivity (Wildman–Crippen MR) is 58.0 cm³/mol. The average molecular weight is 230 g/mol. The Morgan fingerprint density at radius 2 is 1.19 bits per heavy atom. The van der Waals surface area contributed by atoms with Crippen molar-refractivity contribution in [1.29, 1.82) is 0 Å². The second-order valence-electron chi connectivity index (χ2n) is 3.49. The average Bonchev–Trinajstić information content (AvgIpc) is 2.26. The number of para-hydroxylation sites is 2. The van der Waals surface area contributed by atoms with Gasteiger partial charge in [0.05, 0.1) is 0 Å². The summed E-state index contributed by atoms with van der Waals surface area (Å²) in [5.74, 6) is 1.98. The first-order valence-corrected chi connectivity index (χ1v) is 4.77. The minimum atomic E-state index is 0. The van der Waals surface area contributed by atoms with Crippen LogP contribution in [0.5, 0.6) is 11.5 Å². The molecule has 0 aliphatic carbocycles. The summed E-state index contributed by atoms with van der Waals surface area (Å²) in [5.41, 5.74) is 2.54. The first-order valence-electron chi connectivity index (χ1n) is 4.77. The molecule has 0 saturated carbocycles. The Morgan fingerprint density at radius 3 is 1.69 bits per heavy atom. The van der Waals surface area contributed by atoms with Crippen LogP contribution in [0.15, 0.2) is 48.5 Å². The van der Waals surface area contributed by atoms with E-state index in [-0.39, 0.29) is 62.0 Å². The number of rotatable bonds is 0. The van der Waals surface area contributed by atoms with E-state index < -0.39 is 0 Å². The van der Waals surface area contributed by atoms with Crippen LogP contribution in [0.3, 0.4) is 0 Å². The van der Waals surface area contributed by atoms with E-state index in [0.29, 0.717) is 0 Å². The van der Waals surface area contributed by atoms with Gasteiger partial charge in [0.25, 0.3) is 0 Å². The number of ether oxygens (including phenoxy) is 1. The molecule has 0 fully saturated rings. The van der Waals surface area contributed by atoms with Crippen LogP contribution in [-0.4, -0.2) is 0 Å². The standard InChI is InChI=1S/C13H10O.2Na.2H/c1-3-7-12-10(5-1)9-11-6-2-4-8-13(11)14-12;;;;/h1-8H,9H2;;;;/q;2*+1;2*-1. The fourth-order valence-electron chi connectivity index (χ4n) is 1.82. The monoisotopic (exact) mass is 230 g/mol. The van der Waals surface area contributed by atoms with E-state index in [2.05, 4.69) is 24.3 Å². The van der Waals surface area contributed by atoms with Crippen LogP contribution in [0, 0.1) is 0 Å². The minimum absolute atomic E-state index is 0. The zero-order valence-corrected chi connectivity index (χ0v) is 13.7. The van der Waals surface area contributed by atoms with Crippen LogP contribution >= 0.6 is 0 Å². The molecule has 2 aromatic rings. The largest absolute Gasteiger partial charge is 1.00 e. The predicted octanol–water partition coefficient (Wildman–Crippen LogP) is -2.38. The Bertz CT molecular complexity index is 404. The molecule has 0 spiro atoms. The van der Waals surface area contributed by atoms with E-state index in [0.717, 1.165) is 17.9 Å². The van der Waals surface area contributed by atoms with Gasteiger partial charge < -0.3 is 7.59 Å². The molecule has 0 radical (unpaired) electrons. The normalized spacial score (nSPS) is 11.0. The fourth-order valence-corrected chi connectivity index (χ4v) is 1.82. The summed E-state index contributed by atoms with van der Waals surface area (Å²) in [7, 11) is 0. The van der Waals surface area contributed by atoms with Crippen LogP contribution in [0.25, 0.3) is 0 Å². The molecule has 72 valence electrons. The second kappa shape index (κ2) is 6.25. The van der Waals surface area contributed by atoms with Gasteiger partial charge in [-0.3, -0.25) is 0 Å². The third-order valence-electron chi connectivity index (χ3n) is 2.55. The fraction of sp³-hybridized carbons (Fsp3) is 0.0769. The maximum Gasteiger partial charge on any atom is 1.00 e. The van der Waals surface area contributed by atoms with E-state index in [4.69, 9.17) is 4.74 Å². The van der Waals surface area contributed by atoms with E-state index >= 15 is 0 Å². The zero-order chi connectivity index (χ0) is 9.38. The first kappa shape index (κ1) is 14.3. The van der Waals surface area contributed by atoms with Crippen molar-refractivity contribution in [3.63, 3.8) is 0 Å². The van der Waals surface area contributed by atoms with Crippen molar-refractivity contribution in [1.82, 2.24) is 0 Å². The molecule has 0 atom stereocenters. The summed E-state index contributed by atoms with van der Waals surface area (Å²) in [5, 5.41) is 0. The van der Waals surface area contributed by atoms with Crippen molar-refractivity contribution in [2.24, 2.45) is 0 Å². The van der Waals surface area contributed by atoms with Crippen LogP contribution in [0.1, 0.15) is 14.0 Å². The van der Waals surface area contributed by atoms with Crippen LogP contribution in [-0.2, 0) is 6.42 Å². The smallest absolute Gasteiger partial charge is 1.00 e. The number of hydrogen-bond acceptors (Lipinski definition) is 1. The molecular formula is C13H12Na2O. The summed E-state index contributed by atoms with van der Waals surface area (Å²) in [6.45, 7) is 0. The van der Waals surface area contributed by atoms with Gasteiger partial charge in [0.1, 0.15) is 11.5 Å². The molecule has 0 amide bonds. The molecule has 0 N–H and O–H groups in total. The molecule has 1 nitrogen and oxygen atoms in total. The molecule has 0 unspecified atom stereocenters. The van der Waals surface area contributed by atoms with E-state index in [1.807, 2.05) is 24.3 Å². The van der Waals surface area contributed by atoms with Crippen molar-refractivity contribution in [3.8, 4) is 11.5 Å². The summed E-state index contributed by atoms with van der Waals surface area (Å²) >= 11 is 0. The van der Waals surface area contributed by atoms with Gasteiger partial charge in [0.2, 0.25) is 0 Å². The quantitative estimate of drug-likeness (QED) is 0.392. The van der Waals surface area contributed by atoms with Gasteiger partial charge in [-0.05, 0) is 23.3 Å². The number of benzene rings is 2. The summed E-state index contributed by atoms with van der Waals surface area (Å²) in [6, 6.07) is 16.4. The maximum atomic E-state index is 5.78. The van der Waals surface area contributed by atoms with Crippen LogP contribution in [0.4, 0.5) is 0 Å². The van der Waals surface area contributed by atoms with Crippen molar-refractivity contribution < 1.29 is 66.7 Å². The Kier molecular flexibility index (Phi) is 5.58. The van der Waals surface area contributed by atoms with E-state index in [9.17, 15) is 0 Å². The Hall–Kier alpha value is 0.240. The maximum absolute atomic E-state index is 5.78. The SMILES string of the molecule is [H-].[H-].[Na+].[Na+].c1ccc2c(c1)Cc1ccccc1O2. The molecule has 2 aromatic carbocycles. The molecule has 0 saturated heterocycles. The summed E-state index contributed by atoms with van der Waals surface area (Å²) < 4.78 is 5.78. The van der Waals surface area contributed by atoms with Gasteiger partial charge in [-0.25, -0.2) is 0 Å². The van der Waals surface area contributed by atoms with Crippen LogP contribution < -0.4 is 63.9 Å². The summed E-state index contributed by atoms with van der Waals surface area (Å²) in [6.07, 6.45) is 0.979. The van der Waals surface area contributed by atoms with Gasteiger partial charge in [-0.1, -0.05) is 36.4 Å². The van der Waals surface area contributed by atoms with E-state index in [1.165, 1.54) is 11.1 Å². The molecule has 16 heavy (non-hydrogen) atoms. The molecule has 3 heteroatoms. The molecule has 0 bridgehead atoms. The van der Waals surface area contributed by atoms with Gasteiger partial charge in [-0.15, -0.1) is 0 Å². The van der Waals surface area contributed by atoms with E-state index in [1.54, 1.807) is 0 Å². The van der Waals surface area contributed by atoms with Crippen molar-refractivity contribution >= 4 is 0 Å². The third kappa shape index (κ3) is 2.73. The Labute approximate surface area is 143 Å². The van der Waals surface area contributed by atoms with Crippen LogP contribution in [0.2, 0.25) is 0 Å². The van der Waals surface area contributed by atoms with Gasteiger partial charge in [0.15, 0.2) is 0 Å². The molecule has 0 aromatic heterocycles. The third-order valence-corrected chi connectivity index (χ3v) is 2.55. The Balaban J connectivity index is 0. The van der Waals surface area contributed by atoms with Crippen molar-refractivity contribution in [2.75, 3.05) is 0 Å². The van der Waals surface area contributed by atoms with Gasteiger partial charge >= 0.3 is 59.1 Å². The molecule has 1 aliphatic rings. The zero-order valence-electron chi connectivity index (χ0n) is 11.7. The topological polar surface area (TPSA) is 9.23 Å². The molecule has 1 aliphatic heterocycles.